The van der Waals surface area contributed by atoms with Crippen LogP contribution in [-0.4, -0.2) is 22.4 Å². The second-order valence-electron chi connectivity index (χ2n) is 2.80. The van der Waals surface area contributed by atoms with Gasteiger partial charge in [0.05, 0.1) is 12.2 Å². The zero-order valence-corrected chi connectivity index (χ0v) is 6.33. The van der Waals surface area contributed by atoms with Crippen LogP contribution in [0.2, 0.25) is 0 Å². The number of hydrogen-bond acceptors (Lipinski definition) is 2. The Morgan fingerprint density at radius 1 is 1.11 bits per heavy atom. The molecule has 0 aromatic heterocycles. The lowest BCUT2D eigenvalue weighted by Gasteiger charge is -2.15. The summed E-state index contributed by atoms with van der Waals surface area (Å²) in [5.74, 6) is 0.199. The maximum absolute atomic E-state index is 8.96. The quantitative estimate of drug-likeness (QED) is 0.595. The molecule has 2 nitrogen and oxygen atoms in total. The summed E-state index contributed by atoms with van der Waals surface area (Å²) in [4.78, 5) is 0. The van der Waals surface area contributed by atoms with Crippen molar-refractivity contribution in [3.63, 3.8) is 0 Å². The van der Waals surface area contributed by atoms with E-state index in [0.717, 1.165) is 0 Å². The van der Waals surface area contributed by atoms with E-state index in [1.54, 1.807) is 13.8 Å². The lowest BCUT2D eigenvalue weighted by molar-refractivity contribution is 0.0876. The number of aliphatic hydroxyl groups excluding tert-OH is 2. The first-order chi connectivity index (χ1) is 4.04. The minimum absolute atomic E-state index is 0.199. The minimum Gasteiger partial charge on any atom is -0.393 e. The van der Waals surface area contributed by atoms with Crippen LogP contribution >= 0.6 is 0 Å². The average molecular weight is 132 g/mol. The van der Waals surface area contributed by atoms with E-state index >= 15 is 0 Å². The molecule has 3 atom stereocenters. The molecule has 0 saturated carbocycles. The highest BCUT2D eigenvalue weighted by molar-refractivity contribution is 4.61. The zero-order chi connectivity index (χ0) is 7.44. The predicted molar refractivity (Wildman–Crippen MR) is 37.1 cm³/mol. The van der Waals surface area contributed by atoms with Crippen molar-refractivity contribution in [3.8, 4) is 0 Å². The van der Waals surface area contributed by atoms with Gasteiger partial charge in [0, 0.05) is 0 Å². The van der Waals surface area contributed by atoms with Crippen LogP contribution in [0.1, 0.15) is 27.2 Å². The van der Waals surface area contributed by atoms with Crippen LogP contribution in [0.25, 0.3) is 0 Å². The summed E-state index contributed by atoms with van der Waals surface area (Å²) < 4.78 is 0. The Morgan fingerprint density at radius 2 is 1.56 bits per heavy atom. The third kappa shape index (κ3) is 4.43. The van der Waals surface area contributed by atoms with Crippen molar-refractivity contribution in [2.45, 2.75) is 39.4 Å². The molecule has 2 heteroatoms. The van der Waals surface area contributed by atoms with E-state index in [1.165, 1.54) is 0 Å². The summed E-state index contributed by atoms with van der Waals surface area (Å²) in [7, 11) is 0. The van der Waals surface area contributed by atoms with Gasteiger partial charge in [0.15, 0.2) is 0 Å². The molecule has 0 aromatic rings. The topological polar surface area (TPSA) is 40.5 Å². The minimum atomic E-state index is -0.306. The van der Waals surface area contributed by atoms with Crippen molar-refractivity contribution >= 4 is 0 Å². The molecule has 0 amide bonds. The molecule has 0 aliphatic heterocycles. The molecule has 0 spiro atoms. The van der Waals surface area contributed by atoms with Crippen molar-refractivity contribution < 1.29 is 10.2 Å². The van der Waals surface area contributed by atoms with Gasteiger partial charge in [0.1, 0.15) is 0 Å². The summed E-state index contributed by atoms with van der Waals surface area (Å²) in [5.41, 5.74) is 0. The molecule has 0 saturated heterocycles. The standard InChI is InChI=1S/C7H16O2/c1-5(7(3)9)4-6(2)8/h5-9H,4H2,1-3H3/t5?,6-,7-/m0/s1. The molecule has 1 unspecified atom stereocenters. The van der Waals surface area contributed by atoms with E-state index < -0.39 is 0 Å². The molecule has 0 rings (SSSR count). The normalized spacial score (nSPS) is 21.0. The molecule has 0 aliphatic carbocycles. The second kappa shape index (κ2) is 3.85. The number of aliphatic hydroxyl groups is 2. The Hall–Kier alpha value is -0.0800. The van der Waals surface area contributed by atoms with Crippen LogP contribution in [0.3, 0.4) is 0 Å². The molecule has 0 fully saturated rings. The van der Waals surface area contributed by atoms with Crippen molar-refractivity contribution in [1.82, 2.24) is 0 Å². The van der Waals surface area contributed by atoms with Gasteiger partial charge in [0.25, 0.3) is 0 Å². The second-order valence-corrected chi connectivity index (χ2v) is 2.80. The molecule has 2 N–H and O–H groups in total. The fraction of sp³-hybridized carbons (Fsp3) is 1.00. The van der Waals surface area contributed by atoms with E-state index in [0.29, 0.717) is 6.42 Å². The Balaban J connectivity index is 3.38. The zero-order valence-electron chi connectivity index (χ0n) is 6.33. The highest BCUT2D eigenvalue weighted by Gasteiger charge is 2.10. The molecule has 0 aromatic carbocycles. The average Bonchev–Trinajstić information content (AvgIpc) is 1.63. The molecule has 9 heavy (non-hydrogen) atoms. The smallest absolute Gasteiger partial charge is 0.0538 e. The van der Waals surface area contributed by atoms with Crippen molar-refractivity contribution in [2.75, 3.05) is 0 Å². The third-order valence-electron chi connectivity index (χ3n) is 1.54. The van der Waals surface area contributed by atoms with Gasteiger partial charge in [0.2, 0.25) is 0 Å². The van der Waals surface area contributed by atoms with Gasteiger partial charge in [-0.25, -0.2) is 0 Å². The first kappa shape index (κ1) is 8.92. The summed E-state index contributed by atoms with van der Waals surface area (Å²) in [5, 5.41) is 17.8. The van der Waals surface area contributed by atoms with E-state index in [4.69, 9.17) is 10.2 Å². The molecule has 0 bridgehead atoms. The van der Waals surface area contributed by atoms with Crippen LogP contribution in [-0.2, 0) is 0 Å². The first-order valence-electron chi connectivity index (χ1n) is 3.40. The van der Waals surface area contributed by atoms with Crippen LogP contribution in [0.15, 0.2) is 0 Å². The summed E-state index contributed by atoms with van der Waals surface area (Å²) in [6.45, 7) is 5.41. The molecular weight excluding hydrogens is 116 g/mol. The predicted octanol–water partition coefficient (Wildman–Crippen LogP) is 0.774. The maximum atomic E-state index is 8.96. The first-order valence-corrected chi connectivity index (χ1v) is 3.40. The monoisotopic (exact) mass is 132 g/mol. The third-order valence-corrected chi connectivity index (χ3v) is 1.54. The molecule has 0 radical (unpaired) electrons. The highest BCUT2D eigenvalue weighted by atomic mass is 16.3. The highest BCUT2D eigenvalue weighted by Crippen LogP contribution is 2.09. The number of rotatable bonds is 3. The van der Waals surface area contributed by atoms with Gasteiger partial charge in [-0.1, -0.05) is 6.92 Å². The molecule has 0 heterocycles. The lowest BCUT2D eigenvalue weighted by atomic mass is 10.00. The lowest BCUT2D eigenvalue weighted by Crippen LogP contribution is -2.17. The fourth-order valence-electron chi connectivity index (χ4n) is 0.735. The van der Waals surface area contributed by atoms with E-state index in [-0.39, 0.29) is 18.1 Å². The van der Waals surface area contributed by atoms with Gasteiger partial charge in [-0.05, 0) is 26.2 Å². The summed E-state index contributed by atoms with van der Waals surface area (Å²) in [6.07, 6.45) is 0.0756. The summed E-state index contributed by atoms with van der Waals surface area (Å²) in [6, 6.07) is 0. The van der Waals surface area contributed by atoms with E-state index in [1.807, 2.05) is 6.92 Å². The van der Waals surface area contributed by atoms with Gasteiger partial charge < -0.3 is 10.2 Å². The molecular formula is C7H16O2. The van der Waals surface area contributed by atoms with Crippen LogP contribution in [0.4, 0.5) is 0 Å². The van der Waals surface area contributed by atoms with Crippen LogP contribution in [0.5, 0.6) is 0 Å². The Labute approximate surface area is 56.5 Å². The number of hydrogen-bond donors (Lipinski definition) is 2. The van der Waals surface area contributed by atoms with E-state index in [2.05, 4.69) is 0 Å². The molecule has 56 valence electrons. The van der Waals surface area contributed by atoms with Crippen molar-refractivity contribution in [2.24, 2.45) is 5.92 Å². The van der Waals surface area contributed by atoms with Gasteiger partial charge in [-0.3, -0.25) is 0 Å². The molecule has 0 aliphatic rings. The Kier molecular flexibility index (Phi) is 3.82. The van der Waals surface area contributed by atoms with Crippen LogP contribution in [0, 0.1) is 5.92 Å². The Bertz CT molecular complexity index is 69.3. The van der Waals surface area contributed by atoms with Crippen molar-refractivity contribution in [3.05, 3.63) is 0 Å². The van der Waals surface area contributed by atoms with E-state index in [9.17, 15) is 0 Å². The van der Waals surface area contributed by atoms with Gasteiger partial charge >= 0.3 is 0 Å². The Morgan fingerprint density at radius 3 is 1.67 bits per heavy atom. The van der Waals surface area contributed by atoms with Crippen LogP contribution < -0.4 is 0 Å². The largest absolute Gasteiger partial charge is 0.393 e. The fourth-order valence-corrected chi connectivity index (χ4v) is 0.735. The summed E-state index contributed by atoms with van der Waals surface area (Å²) >= 11 is 0. The van der Waals surface area contributed by atoms with Gasteiger partial charge in [-0.15, -0.1) is 0 Å². The SMILES string of the molecule is CC(C[C@H](C)O)[C@H](C)O. The van der Waals surface area contributed by atoms with Gasteiger partial charge in [-0.2, -0.15) is 0 Å². The van der Waals surface area contributed by atoms with Crippen molar-refractivity contribution in [1.29, 1.82) is 0 Å². The maximum Gasteiger partial charge on any atom is 0.0538 e.